The molecule has 0 aliphatic carbocycles. The first kappa shape index (κ1) is 9.82. The molecule has 0 bridgehead atoms. The van der Waals surface area contributed by atoms with Crippen molar-refractivity contribution in [3.05, 3.63) is 0 Å². The van der Waals surface area contributed by atoms with Gasteiger partial charge in [-0.2, -0.15) is 11.8 Å². The molecule has 60 valence electrons. The fourth-order valence-corrected chi connectivity index (χ4v) is 1.36. The van der Waals surface area contributed by atoms with Gasteiger partial charge in [0.15, 0.2) is 0 Å². The zero-order valence-electron chi connectivity index (χ0n) is 6.68. The molecule has 2 nitrogen and oxygen atoms in total. The molecular formula is C7H16N2S. The van der Waals surface area contributed by atoms with Gasteiger partial charge in [-0.25, -0.2) is 0 Å². The maximum atomic E-state index is 6.95. The second-order valence-electron chi connectivity index (χ2n) is 2.55. The van der Waals surface area contributed by atoms with Gasteiger partial charge in [-0.3, -0.25) is 5.41 Å². The van der Waals surface area contributed by atoms with Gasteiger partial charge in [0.2, 0.25) is 0 Å². The van der Waals surface area contributed by atoms with Crippen LogP contribution in [0.4, 0.5) is 0 Å². The molecule has 0 spiro atoms. The number of nitrogens with two attached hydrogens (primary N) is 1. The molecule has 0 aromatic heterocycles. The lowest BCUT2D eigenvalue weighted by molar-refractivity contribution is 0.979. The molecule has 10 heavy (non-hydrogen) atoms. The largest absolute Gasteiger partial charge is 0.388 e. The molecule has 0 saturated carbocycles. The first-order valence-electron chi connectivity index (χ1n) is 3.57. The molecule has 0 atom stereocenters. The van der Waals surface area contributed by atoms with Crippen LogP contribution in [-0.4, -0.2) is 16.8 Å². The highest BCUT2D eigenvalue weighted by molar-refractivity contribution is 7.99. The summed E-state index contributed by atoms with van der Waals surface area (Å²) in [6.45, 7) is 4.36. The van der Waals surface area contributed by atoms with Gasteiger partial charge in [-0.05, 0) is 17.4 Å². The Labute approximate surface area is 67.1 Å². The molecule has 0 fully saturated rings. The van der Waals surface area contributed by atoms with E-state index in [9.17, 15) is 0 Å². The molecule has 3 heteroatoms. The average molecular weight is 160 g/mol. The summed E-state index contributed by atoms with van der Waals surface area (Å²) in [6, 6.07) is 0. The molecule has 0 amide bonds. The summed E-state index contributed by atoms with van der Waals surface area (Å²) < 4.78 is 0. The minimum atomic E-state index is 0.310. The van der Waals surface area contributed by atoms with Crippen molar-refractivity contribution < 1.29 is 0 Å². The van der Waals surface area contributed by atoms with Crippen LogP contribution in [0.2, 0.25) is 0 Å². The van der Waals surface area contributed by atoms with Crippen LogP contribution in [0, 0.1) is 5.41 Å². The van der Waals surface area contributed by atoms with Crippen LogP contribution in [0.1, 0.15) is 26.7 Å². The van der Waals surface area contributed by atoms with Gasteiger partial charge >= 0.3 is 0 Å². The maximum Gasteiger partial charge on any atom is 0.0905 e. The lowest BCUT2D eigenvalue weighted by Gasteiger charge is -2.02. The van der Waals surface area contributed by atoms with E-state index < -0.39 is 0 Å². The van der Waals surface area contributed by atoms with E-state index in [1.807, 2.05) is 11.8 Å². The summed E-state index contributed by atoms with van der Waals surface area (Å²) >= 11 is 1.92. The highest BCUT2D eigenvalue weighted by Crippen LogP contribution is 2.10. The summed E-state index contributed by atoms with van der Waals surface area (Å²) in [4.78, 5) is 0. The number of rotatable bonds is 5. The zero-order valence-corrected chi connectivity index (χ0v) is 7.50. The molecule has 0 aliphatic rings. The van der Waals surface area contributed by atoms with Crippen LogP contribution < -0.4 is 5.73 Å². The van der Waals surface area contributed by atoms with Crippen molar-refractivity contribution in [1.82, 2.24) is 0 Å². The van der Waals surface area contributed by atoms with Crippen LogP contribution in [-0.2, 0) is 0 Å². The van der Waals surface area contributed by atoms with E-state index in [4.69, 9.17) is 11.1 Å². The number of amidine groups is 1. The van der Waals surface area contributed by atoms with Gasteiger partial charge in [-0.15, -0.1) is 0 Å². The van der Waals surface area contributed by atoms with Crippen molar-refractivity contribution >= 4 is 17.6 Å². The predicted molar refractivity (Wildman–Crippen MR) is 48.7 cm³/mol. The predicted octanol–water partition coefficient (Wildman–Crippen LogP) is 1.84. The van der Waals surface area contributed by atoms with Crippen molar-refractivity contribution in [3.8, 4) is 0 Å². The van der Waals surface area contributed by atoms with Crippen LogP contribution in [0.5, 0.6) is 0 Å². The van der Waals surface area contributed by atoms with Crippen molar-refractivity contribution in [2.24, 2.45) is 5.73 Å². The second kappa shape index (κ2) is 5.59. The number of thioether (sulfide) groups is 1. The monoisotopic (exact) mass is 160 g/mol. The Balaban J connectivity index is 2.98. The molecule has 0 aliphatic heterocycles. The van der Waals surface area contributed by atoms with E-state index in [-0.39, 0.29) is 0 Å². The molecule has 0 radical (unpaired) electrons. The topological polar surface area (TPSA) is 49.9 Å². The van der Waals surface area contributed by atoms with Crippen LogP contribution in [0.3, 0.4) is 0 Å². The fraction of sp³-hybridized carbons (Fsp3) is 0.857. The lowest BCUT2D eigenvalue weighted by Crippen LogP contribution is -2.09. The summed E-state index contributed by atoms with van der Waals surface area (Å²) in [5, 5.41) is 7.65. The third kappa shape index (κ3) is 7.82. The van der Waals surface area contributed by atoms with Crippen LogP contribution in [0.25, 0.3) is 0 Å². The SMILES string of the molecule is CC(C)SCCCC(=N)N. The van der Waals surface area contributed by atoms with Gasteiger partial charge in [0.05, 0.1) is 5.84 Å². The highest BCUT2D eigenvalue weighted by Gasteiger charge is 1.94. The second-order valence-corrected chi connectivity index (χ2v) is 4.23. The van der Waals surface area contributed by atoms with E-state index in [1.165, 1.54) is 0 Å². The van der Waals surface area contributed by atoms with Crippen molar-refractivity contribution in [3.63, 3.8) is 0 Å². The standard InChI is InChI=1S/C7H16N2S/c1-6(2)10-5-3-4-7(8)9/h6H,3-5H2,1-2H3,(H3,8,9). The summed E-state index contributed by atoms with van der Waals surface area (Å²) in [6.07, 6.45) is 1.79. The zero-order chi connectivity index (χ0) is 7.98. The quantitative estimate of drug-likeness (QED) is 0.366. The lowest BCUT2D eigenvalue weighted by atomic mass is 10.3. The first-order chi connectivity index (χ1) is 4.63. The molecule has 0 unspecified atom stereocenters. The normalized spacial score (nSPS) is 10.3. The van der Waals surface area contributed by atoms with Crippen molar-refractivity contribution in [1.29, 1.82) is 5.41 Å². The van der Waals surface area contributed by atoms with E-state index in [0.717, 1.165) is 18.6 Å². The minimum Gasteiger partial charge on any atom is -0.388 e. The van der Waals surface area contributed by atoms with Gasteiger partial charge in [0.1, 0.15) is 0 Å². The smallest absolute Gasteiger partial charge is 0.0905 e. The van der Waals surface area contributed by atoms with E-state index >= 15 is 0 Å². The summed E-state index contributed by atoms with van der Waals surface area (Å²) in [5.41, 5.74) is 5.18. The third-order valence-electron chi connectivity index (χ3n) is 1.04. The van der Waals surface area contributed by atoms with Crippen molar-refractivity contribution in [2.75, 3.05) is 5.75 Å². The van der Waals surface area contributed by atoms with Gasteiger partial charge in [0, 0.05) is 6.42 Å². The Morgan fingerprint density at radius 3 is 2.60 bits per heavy atom. The first-order valence-corrected chi connectivity index (χ1v) is 4.62. The Morgan fingerprint density at radius 1 is 1.60 bits per heavy atom. The minimum absolute atomic E-state index is 0.310. The van der Waals surface area contributed by atoms with Crippen molar-refractivity contribution in [2.45, 2.75) is 31.9 Å². The number of nitrogens with one attached hydrogen (secondary N) is 1. The van der Waals surface area contributed by atoms with Crippen LogP contribution in [0.15, 0.2) is 0 Å². The molecule has 0 rings (SSSR count). The Kier molecular flexibility index (Phi) is 5.49. The van der Waals surface area contributed by atoms with Gasteiger partial charge in [0.25, 0.3) is 0 Å². The molecule has 3 N–H and O–H groups in total. The Bertz CT molecular complexity index is 102. The summed E-state index contributed by atoms with van der Waals surface area (Å²) in [5.74, 6) is 1.43. The average Bonchev–Trinajstić information content (AvgIpc) is 1.79. The fourth-order valence-electron chi connectivity index (χ4n) is 0.582. The van der Waals surface area contributed by atoms with E-state index in [0.29, 0.717) is 11.1 Å². The van der Waals surface area contributed by atoms with E-state index in [2.05, 4.69) is 13.8 Å². The van der Waals surface area contributed by atoms with Gasteiger partial charge in [-0.1, -0.05) is 13.8 Å². The molecular weight excluding hydrogens is 144 g/mol. The molecule has 0 saturated heterocycles. The third-order valence-corrected chi connectivity index (χ3v) is 2.23. The highest BCUT2D eigenvalue weighted by atomic mass is 32.2. The van der Waals surface area contributed by atoms with Gasteiger partial charge < -0.3 is 5.73 Å². The molecule has 0 aromatic rings. The number of hydrogen-bond acceptors (Lipinski definition) is 2. The number of hydrogen-bond donors (Lipinski definition) is 2. The van der Waals surface area contributed by atoms with Crippen LogP contribution >= 0.6 is 11.8 Å². The Hall–Kier alpha value is -0.180. The maximum absolute atomic E-state index is 6.95. The molecule has 0 heterocycles. The Morgan fingerprint density at radius 2 is 2.20 bits per heavy atom. The van der Waals surface area contributed by atoms with E-state index in [1.54, 1.807) is 0 Å². The summed E-state index contributed by atoms with van der Waals surface area (Å²) in [7, 11) is 0. The molecule has 0 aromatic carbocycles.